The number of amides is 1. The minimum absolute atomic E-state index is 0.228. The van der Waals surface area contributed by atoms with Gasteiger partial charge in [0.2, 0.25) is 5.91 Å². The van der Waals surface area contributed by atoms with Crippen molar-refractivity contribution in [2.75, 3.05) is 20.1 Å². The molecule has 0 N–H and O–H groups in total. The van der Waals surface area contributed by atoms with Crippen molar-refractivity contribution in [3.05, 3.63) is 52.6 Å². The lowest BCUT2D eigenvalue weighted by atomic mass is 9.86. The number of aryl methyl sites for hydroxylation is 1. The van der Waals surface area contributed by atoms with Crippen molar-refractivity contribution in [2.45, 2.75) is 71.5 Å². The smallest absolute Gasteiger partial charge is 0.223 e. The number of aromatic nitrogens is 2. The maximum absolute atomic E-state index is 13.3. The quantitative estimate of drug-likeness (QED) is 0.696. The number of fused-ring (bicyclic) bond motifs is 1. The number of nitrogens with zero attached hydrogens (tertiary/aromatic N) is 4. The Kier molecular flexibility index (Phi) is 6.75. The van der Waals surface area contributed by atoms with Crippen LogP contribution in [-0.2, 0) is 24.3 Å². The van der Waals surface area contributed by atoms with E-state index in [0.29, 0.717) is 31.5 Å². The Morgan fingerprint density at radius 2 is 2.00 bits per heavy atom. The van der Waals surface area contributed by atoms with E-state index in [0.717, 1.165) is 49.3 Å². The third kappa shape index (κ3) is 5.00. The first-order valence-corrected chi connectivity index (χ1v) is 11.7. The Morgan fingerprint density at radius 3 is 2.74 bits per heavy atom. The Hall–Kier alpha value is -2.21. The van der Waals surface area contributed by atoms with Crippen molar-refractivity contribution < 1.29 is 9.18 Å². The molecule has 1 amide bonds. The van der Waals surface area contributed by atoms with Gasteiger partial charge in [0.1, 0.15) is 5.82 Å². The average Bonchev–Trinajstić information content (AvgIpc) is 3.07. The van der Waals surface area contributed by atoms with E-state index in [-0.39, 0.29) is 11.7 Å². The third-order valence-electron chi connectivity index (χ3n) is 7.14. The molecule has 1 aromatic heterocycles. The number of rotatable bonds is 6. The SMILES string of the molecule is CCCC1CC(CC(=O)N2CCc3c(C)nn(Cc4ccc(F)cc4)c3C2)CCN1C. The predicted octanol–water partition coefficient (Wildman–Crippen LogP) is 4.16. The fourth-order valence-corrected chi connectivity index (χ4v) is 5.27. The minimum Gasteiger partial charge on any atom is -0.336 e. The lowest BCUT2D eigenvalue weighted by Gasteiger charge is -2.38. The molecule has 2 aliphatic heterocycles. The molecule has 4 rings (SSSR count). The van der Waals surface area contributed by atoms with E-state index in [2.05, 4.69) is 18.9 Å². The van der Waals surface area contributed by atoms with Crippen molar-refractivity contribution >= 4 is 5.91 Å². The molecule has 168 valence electrons. The van der Waals surface area contributed by atoms with Crippen molar-refractivity contribution in [2.24, 2.45) is 5.92 Å². The van der Waals surface area contributed by atoms with E-state index >= 15 is 0 Å². The highest BCUT2D eigenvalue weighted by Crippen LogP contribution is 2.29. The highest BCUT2D eigenvalue weighted by Gasteiger charge is 2.31. The summed E-state index contributed by atoms with van der Waals surface area (Å²) in [6.07, 6.45) is 6.19. The molecule has 3 heterocycles. The molecule has 31 heavy (non-hydrogen) atoms. The van der Waals surface area contributed by atoms with Gasteiger partial charge in [-0.1, -0.05) is 25.5 Å². The second-order valence-corrected chi connectivity index (χ2v) is 9.38. The third-order valence-corrected chi connectivity index (χ3v) is 7.14. The van der Waals surface area contributed by atoms with Crippen LogP contribution in [0.3, 0.4) is 0 Å². The van der Waals surface area contributed by atoms with Crippen LogP contribution in [0.5, 0.6) is 0 Å². The molecule has 1 saturated heterocycles. The average molecular weight is 427 g/mol. The molecule has 1 fully saturated rings. The predicted molar refractivity (Wildman–Crippen MR) is 120 cm³/mol. The lowest BCUT2D eigenvalue weighted by molar-refractivity contribution is -0.133. The fraction of sp³-hybridized carbons (Fsp3) is 0.600. The highest BCUT2D eigenvalue weighted by molar-refractivity contribution is 5.76. The first kappa shape index (κ1) is 22.0. The fourth-order valence-electron chi connectivity index (χ4n) is 5.27. The van der Waals surface area contributed by atoms with E-state index in [9.17, 15) is 9.18 Å². The number of benzene rings is 1. The van der Waals surface area contributed by atoms with Crippen LogP contribution in [0.4, 0.5) is 4.39 Å². The molecule has 0 radical (unpaired) electrons. The van der Waals surface area contributed by atoms with Crippen LogP contribution >= 0.6 is 0 Å². The zero-order valence-electron chi connectivity index (χ0n) is 19.1. The van der Waals surface area contributed by atoms with Gasteiger partial charge in [0, 0.05) is 19.0 Å². The molecule has 0 aliphatic carbocycles. The molecular formula is C25H35FN4O. The van der Waals surface area contributed by atoms with Gasteiger partial charge in [0.15, 0.2) is 0 Å². The van der Waals surface area contributed by atoms with E-state index < -0.39 is 0 Å². The number of carbonyl (C=O) groups excluding carboxylic acids is 1. The van der Waals surface area contributed by atoms with Crippen molar-refractivity contribution in [3.63, 3.8) is 0 Å². The summed E-state index contributed by atoms with van der Waals surface area (Å²) in [6.45, 7) is 7.39. The molecule has 2 aromatic rings. The Bertz CT molecular complexity index is 907. The molecule has 2 aliphatic rings. The van der Waals surface area contributed by atoms with Crippen molar-refractivity contribution in [1.29, 1.82) is 0 Å². The summed E-state index contributed by atoms with van der Waals surface area (Å²) < 4.78 is 15.3. The summed E-state index contributed by atoms with van der Waals surface area (Å²) >= 11 is 0. The second kappa shape index (κ2) is 9.51. The summed E-state index contributed by atoms with van der Waals surface area (Å²) in [4.78, 5) is 17.7. The van der Waals surface area contributed by atoms with Crippen LogP contribution in [0.2, 0.25) is 0 Å². The number of hydrogen-bond acceptors (Lipinski definition) is 3. The highest BCUT2D eigenvalue weighted by atomic mass is 19.1. The number of carbonyl (C=O) groups is 1. The van der Waals surface area contributed by atoms with Gasteiger partial charge < -0.3 is 9.80 Å². The molecule has 0 saturated carbocycles. The van der Waals surface area contributed by atoms with Crippen LogP contribution in [0.15, 0.2) is 24.3 Å². The van der Waals surface area contributed by atoms with Crippen LogP contribution in [0.25, 0.3) is 0 Å². The number of likely N-dealkylation sites (tertiary alicyclic amines) is 1. The van der Waals surface area contributed by atoms with Crippen molar-refractivity contribution in [1.82, 2.24) is 19.6 Å². The van der Waals surface area contributed by atoms with Gasteiger partial charge >= 0.3 is 0 Å². The van der Waals surface area contributed by atoms with Crippen LogP contribution in [0, 0.1) is 18.7 Å². The van der Waals surface area contributed by atoms with Gasteiger partial charge in [-0.3, -0.25) is 9.48 Å². The molecule has 6 heteroatoms. The lowest BCUT2D eigenvalue weighted by Crippen LogP contribution is -2.42. The Labute approximate surface area is 185 Å². The normalized spacial score (nSPS) is 21.9. The van der Waals surface area contributed by atoms with E-state index in [4.69, 9.17) is 5.10 Å². The second-order valence-electron chi connectivity index (χ2n) is 9.38. The van der Waals surface area contributed by atoms with Crippen LogP contribution < -0.4 is 0 Å². The first-order valence-electron chi connectivity index (χ1n) is 11.7. The van der Waals surface area contributed by atoms with E-state index in [1.165, 1.54) is 30.5 Å². The number of halogens is 1. The van der Waals surface area contributed by atoms with Crippen molar-refractivity contribution in [3.8, 4) is 0 Å². The van der Waals surface area contributed by atoms with Crippen LogP contribution in [0.1, 0.15) is 61.5 Å². The summed E-state index contributed by atoms with van der Waals surface area (Å²) in [5.41, 5.74) is 4.47. The minimum atomic E-state index is -0.228. The van der Waals surface area contributed by atoms with Crippen LogP contribution in [-0.4, -0.2) is 51.7 Å². The summed E-state index contributed by atoms with van der Waals surface area (Å²) in [6, 6.07) is 7.20. The molecule has 1 aromatic carbocycles. The molecule has 0 bridgehead atoms. The van der Waals surface area contributed by atoms with Gasteiger partial charge in [-0.15, -0.1) is 0 Å². The first-order chi connectivity index (χ1) is 14.9. The van der Waals surface area contributed by atoms with Gasteiger partial charge in [-0.2, -0.15) is 5.10 Å². The topological polar surface area (TPSA) is 41.4 Å². The monoisotopic (exact) mass is 426 g/mol. The van der Waals surface area contributed by atoms with Gasteiger partial charge in [-0.25, -0.2) is 4.39 Å². The molecule has 2 unspecified atom stereocenters. The Morgan fingerprint density at radius 1 is 1.23 bits per heavy atom. The summed E-state index contributed by atoms with van der Waals surface area (Å²) in [5.74, 6) is 0.546. The Balaban J connectivity index is 1.42. The molecule has 5 nitrogen and oxygen atoms in total. The number of hydrogen-bond donors (Lipinski definition) is 0. The zero-order chi connectivity index (χ0) is 22.0. The maximum atomic E-state index is 13.3. The molecular weight excluding hydrogens is 391 g/mol. The molecule has 2 atom stereocenters. The van der Waals surface area contributed by atoms with Gasteiger partial charge in [-0.05, 0) is 75.4 Å². The molecule has 0 spiro atoms. The zero-order valence-corrected chi connectivity index (χ0v) is 19.1. The van der Waals surface area contributed by atoms with E-state index in [1.807, 2.05) is 16.5 Å². The van der Waals surface area contributed by atoms with E-state index in [1.54, 1.807) is 12.1 Å². The number of piperidine rings is 1. The maximum Gasteiger partial charge on any atom is 0.223 e. The summed E-state index contributed by atoms with van der Waals surface area (Å²) in [5, 5.41) is 4.74. The largest absolute Gasteiger partial charge is 0.336 e. The summed E-state index contributed by atoms with van der Waals surface area (Å²) in [7, 11) is 2.22. The standard InChI is InChI=1S/C25H35FN4O/c1-4-5-22-14-20(10-12-28(22)3)15-25(31)29-13-11-23-18(2)27-30(24(23)17-29)16-19-6-8-21(26)9-7-19/h6-9,20,22H,4-5,10-17H2,1-3H3. The van der Waals surface area contributed by atoms with Gasteiger partial charge in [0.25, 0.3) is 0 Å². The van der Waals surface area contributed by atoms with Gasteiger partial charge in [0.05, 0.1) is 24.5 Å².